The van der Waals surface area contributed by atoms with E-state index in [9.17, 15) is 4.39 Å². The van der Waals surface area contributed by atoms with Gasteiger partial charge in [0.2, 0.25) is 0 Å². The van der Waals surface area contributed by atoms with Gasteiger partial charge in [-0.15, -0.1) is 0 Å². The smallest absolute Gasteiger partial charge is 0.123 e. The quantitative estimate of drug-likeness (QED) is 0.853. The molecule has 2 aromatic rings. The lowest BCUT2D eigenvalue weighted by Crippen LogP contribution is -2.23. The Morgan fingerprint density at radius 1 is 1.05 bits per heavy atom. The van der Waals surface area contributed by atoms with Gasteiger partial charge in [0.15, 0.2) is 0 Å². The first-order valence-electron chi connectivity index (χ1n) is 6.78. The molecule has 0 spiro atoms. The van der Waals surface area contributed by atoms with Crippen LogP contribution in [0.2, 0.25) is 5.02 Å². The summed E-state index contributed by atoms with van der Waals surface area (Å²) in [6.45, 7) is 6.89. The van der Waals surface area contributed by atoms with Gasteiger partial charge >= 0.3 is 0 Å². The normalized spacial score (nSPS) is 12.4. The third-order valence-electron chi connectivity index (χ3n) is 3.50. The molecule has 0 aliphatic heterocycles. The molecule has 0 radical (unpaired) electrons. The molecule has 0 aliphatic carbocycles. The molecule has 0 aliphatic rings. The van der Waals surface area contributed by atoms with Gasteiger partial charge in [-0.3, -0.25) is 0 Å². The predicted octanol–water partition coefficient (Wildman–Crippen LogP) is 4.79. The molecule has 0 amide bonds. The fourth-order valence-corrected chi connectivity index (χ4v) is 2.70. The van der Waals surface area contributed by atoms with E-state index in [-0.39, 0.29) is 11.9 Å². The fraction of sp³-hybridized carbons (Fsp3) is 0.294. The van der Waals surface area contributed by atoms with Crippen molar-refractivity contribution in [1.29, 1.82) is 0 Å². The summed E-state index contributed by atoms with van der Waals surface area (Å²) in [7, 11) is 0. The highest BCUT2D eigenvalue weighted by atomic mass is 35.5. The van der Waals surface area contributed by atoms with Crippen molar-refractivity contribution in [1.82, 2.24) is 5.32 Å². The Hall–Kier alpha value is -1.38. The number of rotatable bonds is 4. The van der Waals surface area contributed by atoms with Crippen molar-refractivity contribution in [3.8, 4) is 0 Å². The van der Waals surface area contributed by atoms with Crippen LogP contribution in [0.25, 0.3) is 0 Å². The second kappa shape index (κ2) is 6.38. The highest BCUT2D eigenvalue weighted by molar-refractivity contribution is 6.30. The zero-order chi connectivity index (χ0) is 14.7. The van der Waals surface area contributed by atoms with Crippen molar-refractivity contribution in [2.75, 3.05) is 6.54 Å². The standard InChI is InChI=1S/C17H19ClFN/c1-4-20-17(15-8-6-13(18)9-12(15)3)16-10-14(19)7-5-11(16)2/h5-10,17,20H,4H2,1-3H3. The van der Waals surface area contributed by atoms with Gasteiger partial charge < -0.3 is 5.32 Å². The summed E-state index contributed by atoms with van der Waals surface area (Å²) in [6.07, 6.45) is 0. The van der Waals surface area contributed by atoms with Gasteiger partial charge in [0, 0.05) is 5.02 Å². The van der Waals surface area contributed by atoms with Crippen LogP contribution in [0.5, 0.6) is 0 Å². The van der Waals surface area contributed by atoms with E-state index in [0.29, 0.717) is 0 Å². The van der Waals surface area contributed by atoms with Crippen molar-refractivity contribution in [3.63, 3.8) is 0 Å². The molecular formula is C17H19ClFN. The molecule has 2 aromatic carbocycles. The Bertz CT molecular complexity index is 610. The zero-order valence-electron chi connectivity index (χ0n) is 12.0. The molecule has 0 heterocycles. The predicted molar refractivity (Wildman–Crippen MR) is 82.8 cm³/mol. The maximum absolute atomic E-state index is 13.6. The second-order valence-corrected chi connectivity index (χ2v) is 5.43. The topological polar surface area (TPSA) is 12.0 Å². The van der Waals surface area contributed by atoms with Crippen LogP contribution >= 0.6 is 11.6 Å². The zero-order valence-corrected chi connectivity index (χ0v) is 12.8. The Balaban J connectivity index is 2.53. The monoisotopic (exact) mass is 291 g/mol. The van der Waals surface area contributed by atoms with E-state index >= 15 is 0 Å². The largest absolute Gasteiger partial charge is 0.307 e. The Kier molecular flexibility index (Phi) is 4.79. The van der Waals surface area contributed by atoms with E-state index in [2.05, 4.69) is 5.32 Å². The van der Waals surface area contributed by atoms with E-state index in [1.54, 1.807) is 6.07 Å². The van der Waals surface area contributed by atoms with Crippen LogP contribution in [-0.4, -0.2) is 6.54 Å². The molecule has 20 heavy (non-hydrogen) atoms. The minimum atomic E-state index is -0.208. The number of aryl methyl sites for hydroxylation is 2. The molecule has 106 valence electrons. The fourth-order valence-electron chi connectivity index (χ4n) is 2.48. The number of nitrogens with one attached hydrogen (secondary N) is 1. The van der Waals surface area contributed by atoms with Crippen molar-refractivity contribution in [3.05, 3.63) is 69.5 Å². The average molecular weight is 292 g/mol. The van der Waals surface area contributed by atoms with Crippen LogP contribution < -0.4 is 5.32 Å². The van der Waals surface area contributed by atoms with Crippen LogP contribution in [0.15, 0.2) is 36.4 Å². The number of halogens is 2. The summed E-state index contributed by atoms with van der Waals surface area (Å²) in [6, 6.07) is 10.7. The number of benzene rings is 2. The third-order valence-corrected chi connectivity index (χ3v) is 3.74. The first-order valence-corrected chi connectivity index (χ1v) is 7.16. The number of hydrogen-bond donors (Lipinski definition) is 1. The average Bonchev–Trinajstić information content (AvgIpc) is 2.40. The maximum Gasteiger partial charge on any atom is 0.123 e. The third kappa shape index (κ3) is 3.20. The molecule has 0 saturated carbocycles. The summed E-state index contributed by atoms with van der Waals surface area (Å²) in [5, 5.41) is 4.15. The molecule has 0 aromatic heterocycles. The first kappa shape index (κ1) is 15.0. The Morgan fingerprint density at radius 2 is 1.80 bits per heavy atom. The molecule has 1 N–H and O–H groups in total. The van der Waals surface area contributed by atoms with Gasteiger partial charge in [-0.1, -0.05) is 30.7 Å². The van der Waals surface area contributed by atoms with Gasteiger partial charge in [0.1, 0.15) is 5.82 Å². The van der Waals surface area contributed by atoms with Crippen LogP contribution in [0, 0.1) is 19.7 Å². The molecule has 2 rings (SSSR count). The summed E-state index contributed by atoms with van der Waals surface area (Å²) in [5.74, 6) is -0.208. The van der Waals surface area contributed by atoms with Crippen molar-refractivity contribution < 1.29 is 4.39 Å². The van der Waals surface area contributed by atoms with Crippen LogP contribution in [0.1, 0.15) is 35.2 Å². The molecule has 0 saturated heterocycles. The molecule has 1 nitrogen and oxygen atoms in total. The molecule has 1 unspecified atom stereocenters. The minimum absolute atomic E-state index is 0.0204. The lowest BCUT2D eigenvalue weighted by atomic mass is 9.92. The van der Waals surface area contributed by atoms with Crippen molar-refractivity contribution >= 4 is 11.6 Å². The van der Waals surface area contributed by atoms with Gasteiger partial charge in [-0.2, -0.15) is 0 Å². The van der Waals surface area contributed by atoms with Crippen molar-refractivity contribution in [2.24, 2.45) is 0 Å². The summed E-state index contributed by atoms with van der Waals surface area (Å²) >= 11 is 6.02. The molecule has 3 heteroatoms. The minimum Gasteiger partial charge on any atom is -0.307 e. The van der Waals surface area contributed by atoms with E-state index < -0.39 is 0 Å². The first-order chi connectivity index (χ1) is 9.52. The van der Waals surface area contributed by atoms with Crippen LogP contribution in [0.3, 0.4) is 0 Å². The van der Waals surface area contributed by atoms with Crippen LogP contribution in [-0.2, 0) is 0 Å². The summed E-state index contributed by atoms with van der Waals surface area (Å²) < 4.78 is 13.6. The van der Waals surface area contributed by atoms with Gasteiger partial charge in [-0.25, -0.2) is 4.39 Å². The highest BCUT2D eigenvalue weighted by Crippen LogP contribution is 2.29. The van der Waals surface area contributed by atoms with E-state index in [4.69, 9.17) is 11.6 Å². The lowest BCUT2D eigenvalue weighted by molar-refractivity contribution is 0.599. The van der Waals surface area contributed by atoms with Crippen molar-refractivity contribution in [2.45, 2.75) is 26.8 Å². The molecule has 1 atom stereocenters. The highest BCUT2D eigenvalue weighted by Gasteiger charge is 2.17. The molecule has 0 fully saturated rings. The van der Waals surface area contributed by atoms with E-state index in [0.717, 1.165) is 33.8 Å². The number of hydrogen-bond acceptors (Lipinski definition) is 1. The van der Waals surface area contributed by atoms with Crippen LogP contribution in [0.4, 0.5) is 4.39 Å². The Morgan fingerprint density at radius 3 is 2.45 bits per heavy atom. The summed E-state index contributed by atoms with van der Waals surface area (Å²) in [5.41, 5.74) is 4.28. The van der Waals surface area contributed by atoms with Gasteiger partial charge in [0.05, 0.1) is 6.04 Å². The van der Waals surface area contributed by atoms with E-state index in [1.165, 1.54) is 6.07 Å². The van der Waals surface area contributed by atoms with E-state index in [1.807, 2.05) is 45.0 Å². The molecule has 0 bridgehead atoms. The van der Waals surface area contributed by atoms with Gasteiger partial charge in [0.25, 0.3) is 0 Å². The Labute approximate surface area is 124 Å². The maximum atomic E-state index is 13.6. The SMILES string of the molecule is CCNC(c1ccc(Cl)cc1C)c1cc(F)ccc1C. The second-order valence-electron chi connectivity index (χ2n) is 4.99. The summed E-state index contributed by atoms with van der Waals surface area (Å²) in [4.78, 5) is 0. The molecular weight excluding hydrogens is 273 g/mol. The van der Waals surface area contributed by atoms with Gasteiger partial charge in [-0.05, 0) is 66.9 Å². The lowest BCUT2D eigenvalue weighted by Gasteiger charge is -2.23.